The number of primary amides is 1. The summed E-state index contributed by atoms with van der Waals surface area (Å²) in [5.74, 6) is -2.10. The first-order valence-electron chi connectivity index (χ1n) is 5.68. The molecule has 3 N–H and O–H groups in total. The number of nitrogens with two attached hydrogens (primary N) is 1. The van der Waals surface area contributed by atoms with Crippen LogP contribution in [0.25, 0.3) is 0 Å². The third kappa shape index (κ3) is 3.50. The van der Waals surface area contributed by atoms with Crippen molar-refractivity contribution >= 4 is 34.3 Å². The van der Waals surface area contributed by atoms with E-state index < -0.39 is 22.7 Å². The summed E-state index contributed by atoms with van der Waals surface area (Å²) in [5, 5.41) is 9.04. The number of hydrogen-bond acceptors (Lipinski definition) is 4. The molecule has 0 aliphatic rings. The molecule has 1 aromatic carbocycles. The van der Waals surface area contributed by atoms with Crippen molar-refractivity contribution in [1.29, 1.82) is 0 Å². The van der Waals surface area contributed by atoms with Crippen molar-refractivity contribution in [3.8, 4) is 0 Å². The summed E-state index contributed by atoms with van der Waals surface area (Å²) < 4.78 is 17.1. The van der Waals surface area contributed by atoms with Gasteiger partial charge in [-0.3, -0.25) is 9.00 Å². The molecule has 0 spiro atoms. The molecule has 1 unspecified atom stereocenters. The molecular formula is C13H10ClNO5S. The molecule has 6 nitrogen and oxygen atoms in total. The van der Waals surface area contributed by atoms with E-state index in [1.54, 1.807) is 6.07 Å². The molecule has 1 aromatic heterocycles. The van der Waals surface area contributed by atoms with Crippen LogP contribution in [0.2, 0.25) is 5.02 Å². The number of amides is 1. The van der Waals surface area contributed by atoms with Gasteiger partial charge in [-0.15, -0.1) is 0 Å². The van der Waals surface area contributed by atoms with Crippen LogP contribution >= 0.6 is 11.6 Å². The number of carboxylic acid groups (broad SMARTS) is 1. The van der Waals surface area contributed by atoms with Crippen molar-refractivity contribution in [1.82, 2.24) is 0 Å². The van der Waals surface area contributed by atoms with Crippen LogP contribution < -0.4 is 5.73 Å². The van der Waals surface area contributed by atoms with Crippen LogP contribution in [-0.4, -0.2) is 21.2 Å². The second-order valence-electron chi connectivity index (χ2n) is 4.08. The fourth-order valence-electron chi connectivity index (χ4n) is 1.59. The van der Waals surface area contributed by atoms with Crippen LogP contribution in [0, 0.1) is 0 Å². The molecule has 1 atom stereocenters. The number of benzene rings is 1. The number of carboxylic acids is 1. The Hall–Kier alpha value is -2.12. The lowest BCUT2D eigenvalue weighted by atomic mass is 10.1. The van der Waals surface area contributed by atoms with E-state index in [2.05, 4.69) is 0 Å². The van der Waals surface area contributed by atoms with Crippen LogP contribution in [0.1, 0.15) is 26.5 Å². The molecule has 8 heteroatoms. The van der Waals surface area contributed by atoms with E-state index in [1.807, 2.05) is 0 Å². The van der Waals surface area contributed by atoms with Gasteiger partial charge in [0, 0.05) is 10.6 Å². The first-order valence-corrected chi connectivity index (χ1v) is 7.38. The highest BCUT2D eigenvalue weighted by Gasteiger charge is 2.16. The van der Waals surface area contributed by atoms with Crippen molar-refractivity contribution in [2.45, 2.75) is 10.8 Å². The Bertz CT molecular complexity index is 740. The summed E-state index contributed by atoms with van der Waals surface area (Å²) in [4.78, 5) is 21.7. The third-order valence-corrected chi connectivity index (χ3v) is 4.23. The molecule has 0 aliphatic carbocycles. The van der Waals surface area contributed by atoms with E-state index in [0.29, 0.717) is 5.56 Å². The molecule has 0 saturated heterocycles. The summed E-state index contributed by atoms with van der Waals surface area (Å²) >= 11 is 5.99. The minimum absolute atomic E-state index is 0.0322. The first-order chi connectivity index (χ1) is 9.88. The fraction of sp³-hybridized carbons (Fsp3) is 0.0769. The Balaban J connectivity index is 2.19. The van der Waals surface area contributed by atoms with Gasteiger partial charge in [0.15, 0.2) is 5.09 Å². The van der Waals surface area contributed by atoms with E-state index in [0.717, 1.165) is 0 Å². The van der Waals surface area contributed by atoms with Crippen LogP contribution in [0.3, 0.4) is 0 Å². The van der Waals surface area contributed by atoms with Crippen LogP contribution in [0.5, 0.6) is 0 Å². The second-order valence-corrected chi connectivity index (χ2v) is 5.87. The maximum absolute atomic E-state index is 12.1. The highest BCUT2D eigenvalue weighted by atomic mass is 35.5. The van der Waals surface area contributed by atoms with Gasteiger partial charge in [-0.1, -0.05) is 17.7 Å². The molecule has 1 heterocycles. The average molecular weight is 328 g/mol. The second kappa shape index (κ2) is 6.11. The van der Waals surface area contributed by atoms with Crippen molar-refractivity contribution in [2.24, 2.45) is 5.73 Å². The smallest absolute Gasteiger partial charge is 0.371 e. The van der Waals surface area contributed by atoms with Gasteiger partial charge in [-0.2, -0.15) is 0 Å². The largest absolute Gasteiger partial charge is 0.475 e. The predicted octanol–water partition coefficient (Wildman–Crippen LogP) is 2.04. The fourth-order valence-corrected chi connectivity index (χ4v) is 2.99. The molecule has 0 radical (unpaired) electrons. The monoisotopic (exact) mass is 327 g/mol. The number of carbonyl (C=O) groups is 2. The number of hydrogen-bond donors (Lipinski definition) is 2. The topological polar surface area (TPSA) is 111 Å². The van der Waals surface area contributed by atoms with Gasteiger partial charge in [0.25, 0.3) is 0 Å². The summed E-state index contributed by atoms with van der Waals surface area (Å²) in [6, 6.07) is 6.98. The number of aromatic carboxylic acids is 1. The zero-order chi connectivity index (χ0) is 15.6. The minimum Gasteiger partial charge on any atom is -0.475 e. The molecule has 2 rings (SSSR count). The minimum atomic E-state index is -1.59. The van der Waals surface area contributed by atoms with Gasteiger partial charge in [0.05, 0.1) is 16.6 Å². The zero-order valence-electron chi connectivity index (χ0n) is 10.5. The van der Waals surface area contributed by atoms with Gasteiger partial charge < -0.3 is 15.3 Å². The summed E-state index contributed by atoms with van der Waals surface area (Å²) in [6.45, 7) is 0. The van der Waals surface area contributed by atoms with Crippen molar-refractivity contribution in [3.63, 3.8) is 0 Å². The van der Waals surface area contributed by atoms with Gasteiger partial charge in [0.1, 0.15) is 0 Å². The maximum Gasteiger partial charge on any atom is 0.371 e. The summed E-state index contributed by atoms with van der Waals surface area (Å²) in [6.07, 6.45) is 0. The number of furan rings is 1. The highest BCUT2D eigenvalue weighted by molar-refractivity contribution is 7.84. The standard InChI is InChI=1S/C13H10ClNO5S/c14-9-5-7(12(15)16)1-2-8(9)6-21(19)11-4-3-10(20-11)13(17)18/h1-5H,6H2,(H2,15,16)(H,17,18). The third-order valence-electron chi connectivity index (χ3n) is 2.64. The zero-order valence-corrected chi connectivity index (χ0v) is 12.1. The SMILES string of the molecule is NC(=O)c1ccc(CS(=O)c2ccc(C(=O)O)o2)c(Cl)c1. The Morgan fingerprint density at radius 2 is 2.00 bits per heavy atom. The van der Waals surface area contributed by atoms with Crippen molar-refractivity contribution in [3.05, 3.63) is 52.2 Å². The van der Waals surface area contributed by atoms with Crippen LogP contribution in [0.4, 0.5) is 0 Å². The average Bonchev–Trinajstić information content (AvgIpc) is 2.90. The molecular weight excluding hydrogens is 318 g/mol. The van der Waals surface area contributed by atoms with E-state index in [-0.39, 0.29) is 27.2 Å². The number of rotatable bonds is 5. The molecule has 0 aliphatic heterocycles. The summed E-state index contributed by atoms with van der Waals surface area (Å²) in [7, 11) is -1.59. The van der Waals surface area contributed by atoms with Gasteiger partial charge in [0.2, 0.25) is 11.7 Å². The van der Waals surface area contributed by atoms with Gasteiger partial charge >= 0.3 is 5.97 Å². The molecule has 110 valence electrons. The van der Waals surface area contributed by atoms with Crippen molar-refractivity contribution < 1.29 is 23.3 Å². The Kier molecular flexibility index (Phi) is 4.44. The van der Waals surface area contributed by atoms with Gasteiger partial charge in [-0.05, 0) is 29.8 Å². The number of carbonyl (C=O) groups excluding carboxylic acids is 1. The maximum atomic E-state index is 12.1. The first kappa shape index (κ1) is 15.3. The van der Waals surface area contributed by atoms with Crippen LogP contribution in [-0.2, 0) is 16.6 Å². The van der Waals surface area contributed by atoms with Crippen molar-refractivity contribution in [2.75, 3.05) is 0 Å². The Labute approximate surface area is 127 Å². The Morgan fingerprint density at radius 1 is 1.29 bits per heavy atom. The summed E-state index contributed by atoms with van der Waals surface area (Å²) in [5.41, 5.74) is 5.91. The lowest BCUT2D eigenvalue weighted by molar-refractivity contribution is 0.0656. The van der Waals surface area contributed by atoms with E-state index >= 15 is 0 Å². The van der Waals surface area contributed by atoms with Crippen LogP contribution in [0.15, 0.2) is 39.8 Å². The Morgan fingerprint density at radius 3 is 2.52 bits per heavy atom. The molecule has 0 saturated carbocycles. The lowest BCUT2D eigenvalue weighted by Gasteiger charge is -2.04. The van der Waals surface area contributed by atoms with Gasteiger partial charge in [-0.25, -0.2) is 4.79 Å². The highest BCUT2D eigenvalue weighted by Crippen LogP contribution is 2.22. The molecule has 0 bridgehead atoms. The number of halogens is 1. The van der Waals surface area contributed by atoms with E-state index in [9.17, 15) is 13.8 Å². The molecule has 1 amide bonds. The molecule has 21 heavy (non-hydrogen) atoms. The molecule has 0 fully saturated rings. The molecule has 2 aromatic rings. The quantitative estimate of drug-likeness (QED) is 0.873. The predicted molar refractivity (Wildman–Crippen MR) is 75.7 cm³/mol. The van der Waals surface area contributed by atoms with E-state index in [1.165, 1.54) is 24.3 Å². The lowest BCUT2D eigenvalue weighted by Crippen LogP contribution is -2.11. The normalized spacial score (nSPS) is 12.0. The van der Waals surface area contributed by atoms with E-state index in [4.69, 9.17) is 26.9 Å².